The van der Waals surface area contributed by atoms with Crippen LogP contribution in [0.1, 0.15) is 33.7 Å². The van der Waals surface area contributed by atoms with E-state index in [2.05, 4.69) is 10.3 Å². The molecule has 162 valence electrons. The van der Waals surface area contributed by atoms with Crippen LogP contribution in [0.15, 0.2) is 34.9 Å². The van der Waals surface area contributed by atoms with E-state index in [-0.39, 0.29) is 18.1 Å². The van der Waals surface area contributed by atoms with Gasteiger partial charge in [-0.25, -0.2) is 4.98 Å². The predicted octanol–water partition coefficient (Wildman–Crippen LogP) is 1.57. The molecule has 0 spiro atoms. The van der Waals surface area contributed by atoms with Crippen molar-refractivity contribution in [3.8, 4) is 11.6 Å². The van der Waals surface area contributed by atoms with Gasteiger partial charge in [0.05, 0.1) is 24.8 Å². The Hall–Kier alpha value is -3.59. The Morgan fingerprint density at radius 1 is 1.39 bits per heavy atom. The molecule has 1 fully saturated rings. The van der Waals surface area contributed by atoms with Gasteiger partial charge < -0.3 is 30.0 Å². The topological polar surface area (TPSA) is 137 Å². The van der Waals surface area contributed by atoms with Gasteiger partial charge in [-0.2, -0.15) is 0 Å². The third-order valence-electron chi connectivity index (χ3n) is 5.69. The molecule has 1 unspecified atom stereocenters. The minimum absolute atomic E-state index is 0.0986. The Labute approximate surface area is 178 Å². The molecule has 3 heterocycles. The van der Waals surface area contributed by atoms with Crippen molar-refractivity contribution in [1.29, 1.82) is 0 Å². The third-order valence-corrected chi connectivity index (χ3v) is 5.69. The van der Waals surface area contributed by atoms with Crippen LogP contribution in [0.2, 0.25) is 0 Å². The lowest BCUT2D eigenvalue weighted by Crippen LogP contribution is -2.39. The number of furan rings is 1. The van der Waals surface area contributed by atoms with E-state index in [1.807, 2.05) is 6.07 Å². The number of hydrogen-bond donors (Lipinski definition) is 3. The number of benzene rings is 1. The number of aliphatic hydroxyl groups excluding tert-OH is 1. The number of ether oxygens (including phenoxy) is 2. The van der Waals surface area contributed by atoms with Crippen LogP contribution in [0.4, 0.5) is 0 Å². The molecule has 1 atom stereocenters. The Kier molecular flexibility index (Phi) is 5.28. The van der Waals surface area contributed by atoms with E-state index in [0.29, 0.717) is 52.5 Å². The Balaban J connectivity index is 1.92. The van der Waals surface area contributed by atoms with Crippen molar-refractivity contribution >= 4 is 22.8 Å². The molecule has 2 aromatic heterocycles. The van der Waals surface area contributed by atoms with E-state index in [0.717, 1.165) is 0 Å². The first-order valence-electron chi connectivity index (χ1n) is 9.79. The van der Waals surface area contributed by atoms with Crippen LogP contribution in [0.3, 0.4) is 0 Å². The number of methoxy groups -OCH3 is 1. The predicted molar refractivity (Wildman–Crippen MR) is 111 cm³/mol. The summed E-state index contributed by atoms with van der Waals surface area (Å²) in [7, 11) is 1.51. The number of nitrogens with two attached hydrogens (primary N) is 1. The van der Waals surface area contributed by atoms with Gasteiger partial charge in [0.15, 0.2) is 0 Å². The second-order valence-corrected chi connectivity index (χ2v) is 7.42. The number of hydrogen-bond acceptors (Lipinski definition) is 7. The van der Waals surface area contributed by atoms with Gasteiger partial charge in [0, 0.05) is 23.7 Å². The third kappa shape index (κ3) is 3.27. The van der Waals surface area contributed by atoms with Gasteiger partial charge in [0.25, 0.3) is 5.91 Å². The van der Waals surface area contributed by atoms with Crippen LogP contribution in [0.25, 0.3) is 11.0 Å². The van der Waals surface area contributed by atoms with Gasteiger partial charge in [0.1, 0.15) is 29.1 Å². The van der Waals surface area contributed by atoms with E-state index in [4.69, 9.17) is 19.6 Å². The number of amides is 2. The lowest BCUT2D eigenvalue weighted by molar-refractivity contribution is -0.125. The Morgan fingerprint density at radius 3 is 2.84 bits per heavy atom. The van der Waals surface area contributed by atoms with Gasteiger partial charge in [-0.05, 0) is 37.6 Å². The summed E-state index contributed by atoms with van der Waals surface area (Å²) in [5, 5.41) is 13.5. The number of aryl methyl sites for hydroxylation is 1. The first-order chi connectivity index (χ1) is 14.9. The summed E-state index contributed by atoms with van der Waals surface area (Å²) >= 11 is 0. The fraction of sp³-hybridized carbons (Fsp3) is 0.318. The fourth-order valence-corrected chi connectivity index (χ4v) is 4.20. The molecule has 9 heteroatoms. The van der Waals surface area contributed by atoms with Gasteiger partial charge in [-0.1, -0.05) is 0 Å². The number of aromatic nitrogens is 1. The minimum atomic E-state index is -1.30. The van der Waals surface area contributed by atoms with Crippen LogP contribution >= 0.6 is 0 Å². The van der Waals surface area contributed by atoms with Crippen molar-refractivity contribution in [1.82, 2.24) is 10.3 Å². The maximum absolute atomic E-state index is 12.9. The summed E-state index contributed by atoms with van der Waals surface area (Å²) in [6, 6.07) is 6.89. The number of carbonyl (C=O) groups excluding carboxylic acids is 2. The van der Waals surface area contributed by atoms with Crippen molar-refractivity contribution in [3.05, 3.63) is 52.9 Å². The number of carbonyl (C=O) groups is 2. The number of aliphatic hydroxyl groups is 1. The molecule has 1 aliphatic heterocycles. The molecule has 9 nitrogen and oxygen atoms in total. The van der Waals surface area contributed by atoms with E-state index < -0.39 is 17.9 Å². The van der Waals surface area contributed by atoms with Crippen molar-refractivity contribution in [2.45, 2.75) is 25.4 Å². The van der Waals surface area contributed by atoms with E-state index in [1.54, 1.807) is 31.3 Å². The summed E-state index contributed by atoms with van der Waals surface area (Å²) in [4.78, 5) is 29.3. The summed E-state index contributed by atoms with van der Waals surface area (Å²) in [6.07, 6.45) is 1.94. The number of nitrogens with one attached hydrogen (secondary N) is 1. The van der Waals surface area contributed by atoms with Gasteiger partial charge in [-0.3, -0.25) is 9.59 Å². The molecular weight excluding hydrogens is 402 g/mol. The first-order valence-corrected chi connectivity index (χ1v) is 9.79. The smallest absolute Gasteiger partial charge is 0.252 e. The number of rotatable bonds is 7. The maximum atomic E-state index is 12.9. The van der Waals surface area contributed by atoms with Crippen molar-refractivity contribution in [3.63, 3.8) is 0 Å². The van der Waals surface area contributed by atoms with Gasteiger partial charge >= 0.3 is 0 Å². The molecular formula is C22H23N3O6. The minimum Gasteiger partial charge on any atom is -0.488 e. The van der Waals surface area contributed by atoms with E-state index >= 15 is 0 Å². The highest BCUT2D eigenvalue weighted by molar-refractivity contribution is 6.10. The SMILES string of the molecule is COc1ncccc1COc1ccc2oc(C)c(C(N)=O)c2c1C1(CO)CCNC1=O. The van der Waals surface area contributed by atoms with E-state index in [1.165, 1.54) is 7.11 Å². The lowest BCUT2D eigenvalue weighted by Gasteiger charge is -2.27. The summed E-state index contributed by atoms with van der Waals surface area (Å²) in [6.45, 7) is 1.65. The van der Waals surface area contributed by atoms with Crippen molar-refractivity contribution < 1.29 is 28.6 Å². The normalized spacial score (nSPS) is 18.2. The zero-order valence-electron chi connectivity index (χ0n) is 17.2. The molecule has 0 saturated carbocycles. The molecule has 1 aliphatic rings. The summed E-state index contributed by atoms with van der Waals surface area (Å²) in [5.41, 5.74) is 5.98. The second kappa shape index (κ2) is 7.92. The molecule has 4 N–H and O–H groups in total. The number of pyridine rings is 1. The molecule has 0 bridgehead atoms. The monoisotopic (exact) mass is 425 g/mol. The van der Waals surface area contributed by atoms with Crippen LogP contribution in [-0.4, -0.2) is 42.2 Å². The molecule has 31 heavy (non-hydrogen) atoms. The zero-order valence-corrected chi connectivity index (χ0v) is 17.2. The molecule has 1 aromatic carbocycles. The van der Waals surface area contributed by atoms with Crippen molar-refractivity contribution in [2.75, 3.05) is 20.3 Å². The highest BCUT2D eigenvalue weighted by Crippen LogP contribution is 2.45. The molecule has 0 radical (unpaired) electrons. The number of nitrogens with zero attached hydrogens (tertiary/aromatic N) is 1. The standard InChI is InChI=1S/C22H23N3O6/c1-12-16(19(23)27)17-14(31-12)5-6-15(18(17)22(11-26)7-9-25-21(22)28)30-10-13-4-3-8-24-20(13)29-2/h3-6,8,26H,7,9-11H2,1-2H3,(H2,23,27)(H,25,28). The molecule has 0 aliphatic carbocycles. The molecule has 2 amide bonds. The number of primary amides is 1. The zero-order chi connectivity index (χ0) is 22.2. The van der Waals surface area contributed by atoms with Gasteiger partial charge in [-0.15, -0.1) is 0 Å². The van der Waals surface area contributed by atoms with Crippen LogP contribution in [0.5, 0.6) is 11.6 Å². The molecule has 3 aromatic rings. The first kappa shape index (κ1) is 20.7. The second-order valence-electron chi connectivity index (χ2n) is 7.42. The molecule has 4 rings (SSSR count). The highest BCUT2D eigenvalue weighted by Gasteiger charge is 2.47. The molecule has 1 saturated heterocycles. The Morgan fingerprint density at radius 2 is 2.19 bits per heavy atom. The fourth-order valence-electron chi connectivity index (χ4n) is 4.20. The summed E-state index contributed by atoms with van der Waals surface area (Å²) < 4.78 is 17.1. The van der Waals surface area contributed by atoms with Crippen molar-refractivity contribution in [2.24, 2.45) is 5.73 Å². The van der Waals surface area contributed by atoms with E-state index in [9.17, 15) is 14.7 Å². The van der Waals surface area contributed by atoms with Crippen LogP contribution in [0, 0.1) is 6.92 Å². The average Bonchev–Trinajstić information content (AvgIpc) is 3.31. The van der Waals surface area contributed by atoms with Crippen LogP contribution < -0.4 is 20.5 Å². The highest BCUT2D eigenvalue weighted by atomic mass is 16.5. The number of fused-ring (bicyclic) bond motifs is 1. The Bertz CT molecular complexity index is 1170. The lowest BCUT2D eigenvalue weighted by atomic mass is 9.76. The largest absolute Gasteiger partial charge is 0.488 e. The summed E-state index contributed by atoms with van der Waals surface area (Å²) in [5.74, 6) is 0.0578. The quantitative estimate of drug-likeness (QED) is 0.522. The van der Waals surface area contributed by atoms with Gasteiger partial charge in [0.2, 0.25) is 11.8 Å². The van der Waals surface area contributed by atoms with Crippen LogP contribution in [-0.2, 0) is 16.8 Å². The average molecular weight is 425 g/mol. The maximum Gasteiger partial charge on any atom is 0.252 e.